The van der Waals surface area contributed by atoms with Crippen molar-refractivity contribution in [1.29, 1.82) is 0 Å². The predicted octanol–water partition coefficient (Wildman–Crippen LogP) is 0.496. The maximum atomic E-state index is 5.38. The minimum atomic E-state index is 0.400. The molecular formula is C8H14N4. The van der Waals surface area contributed by atoms with Gasteiger partial charge in [-0.25, -0.2) is 4.98 Å². The van der Waals surface area contributed by atoms with Crippen molar-refractivity contribution in [2.24, 2.45) is 5.73 Å². The second kappa shape index (κ2) is 4.11. The minimum absolute atomic E-state index is 0.400. The average molecular weight is 166 g/mol. The molecule has 0 amide bonds. The molecule has 2 N–H and O–H groups in total. The molecule has 1 rings (SSSR count). The van der Waals surface area contributed by atoms with Crippen LogP contribution in [0.5, 0.6) is 0 Å². The van der Waals surface area contributed by atoms with Gasteiger partial charge in [0.15, 0.2) is 5.82 Å². The number of nitrogens with two attached hydrogens (primary N) is 1. The smallest absolute Gasteiger partial charge is 0.152 e. The van der Waals surface area contributed by atoms with Gasteiger partial charge in [-0.1, -0.05) is 13.8 Å². The quantitative estimate of drug-likeness (QED) is 0.710. The Morgan fingerprint density at radius 3 is 2.83 bits per heavy atom. The Morgan fingerprint density at radius 1 is 1.50 bits per heavy atom. The molecule has 1 aromatic rings. The second-order valence-electron chi connectivity index (χ2n) is 2.99. The van der Waals surface area contributed by atoms with Crippen LogP contribution in [0.4, 0.5) is 0 Å². The molecular weight excluding hydrogens is 152 g/mol. The summed E-state index contributed by atoms with van der Waals surface area (Å²) in [6, 6.07) is 0. The molecule has 0 radical (unpaired) electrons. The first-order chi connectivity index (χ1) is 5.74. The fourth-order valence-electron chi connectivity index (χ4n) is 0.868. The minimum Gasteiger partial charge on any atom is -0.330 e. The van der Waals surface area contributed by atoms with Gasteiger partial charge < -0.3 is 5.73 Å². The Kier molecular flexibility index (Phi) is 3.10. The standard InChI is InChI=1S/C8H14N4/c1-6(2)7-5-10-12-8(11-7)3-4-9/h5-6H,3-4,9H2,1-2H3. The van der Waals surface area contributed by atoms with Crippen LogP contribution in [0.3, 0.4) is 0 Å². The Morgan fingerprint density at radius 2 is 2.25 bits per heavy atom. The summed E-state index contributed by atoms with van der Waals surface area (Å²) in [6.07, 6.45) is 2.40. The summed E-state index contributed by atoms with van der Waals surface area (Å²) in [7, 11) is 0. The van der Waals surface area contributed by atoms with Gasteiger partial charge in [0.1, 0.15) is 0 Å². The monoisotopic (exact) mass is 166 g/mol. The second-order valence-corrected chi connectivity index (χ2v) is 2.99. The molecule has 0 bridgehead atoms. The van der Waals surface area contributed by atoms with Crippen LogP contribution in [-0.2, 0) is 6.42 Å². The summed E-state index contributed by atoms with van der Waals surface area (Å²) < 4.78 is 0. The van der Waals surface area contributed by atoms with Crippen LogP contribution in [0.15, 0.2) is 6.20 Å². The van der Waals surface area contributed by atoms with E-state index in [9.17, 15) is 0 Å². The predicted molar refractivity (Wildman–Crippen MR) is 46.7 cm³/mol. The summed E-state index contributed by atoms with van der Waals surface area (Å²) in [6.45, 7) is 4.73. The largest absolute Gasteiger partial charge is 0.330 e. The molecule has 0 spiro atoms. The van der Waals surface area contributed by atoms with Crippen molar-refractivity contribution < 1.29 is 0 Å². The molecule has 12 heavy (non-hydrogen) atoms. The van der Waals surface area contributed by atoms with Crippen molar-refractivity contribution >= 4 is 0 Å². The van der Waals surface area contributed by atoms with Crippen LogP contribution in [-0.4, -0.2) is 21.7 Å². The van der Waals surface area contributed by atoms with Crippen molar-refractivity contribution in [1.82, 2.24) is 15.2 Å². The normalized spacial score (nSPS) is 10.7. The van der Waals surface area contributed by atoms with Gasteiger partial charge in [0.05, 0.1) is 11.9 Å². The van der Waals surface area contributed by atoms with Crippen LogP contribution in [0.25, 0.3) is 0 Å². The molecule has 0 saturated heterocycles. The highest BCUT2D eigenvalue weighted by atomic mass is 15.1. The number of hydrogen-bond acceptors (Lipinski definition) is 4. The number of nitrogens with zero attached hydrogens (tertiary/aromatic N) is 3. The molecule has 66 valence electrons. The van der Waals surface area contributed by atoms with Gasteiger partial charge in [-0.05, 0) is 12.5 Å². The molecule has 0 atom stereocenters. The van der Waals surface area contributed by atoms with Crippen LogP contribution >= 0.6 is 0 Å². The first-order valence-electron chi connectivity index (χ1n) is 4.12. The zero-order chi connectivity index (χ0) is 8.97. The van der Waals surface area contributed by atoms with E-state index in [0.717, 1.165) is 11.5 Å². The van der Waals surface area contributed by atoms with Gasteiger partial charge in [-0.2, -0.15) is 5.10 Å². The summed E-state index contributed by atoms with van der Waals surface area (Å²) in [5.74, 6) is 1.14. The molecule has 0 aliphatic heterocycles. The topological polar surface area (TPSA) is 64.7 Å². The molecule has 0 aromatic carbocycles. The summed E-state index contributed by atoms with van der Waals surface area (Å²) in [5, 5.41) is 7.73. The van der Waals surface area contributed by atoms with Gasteiger partial charge in [-0.3, -0.25) is 0 Å². The van der Waals surface area contributed by atoms with Gasteiger partial charge in [0, 0.05) is 6.42 Å². The Hall–Kier alpha value is -1.03. The highest BCUT2D eigenvalue weighted by Crippen LogP contribution is 2.08. The number of rotatable bonds is 3. The summed E-state index contributed by atoms with van der Waals surface area (Å²) in [4.78, 5) is 4.31. The molecule has 4 heteroatoms. The van der Waals surface area contributed by atoms with Gasteiger partial charge in [-0.15, -0.1) is 5.10 Å². The van der Waals surface area contributed by atoms with Crippen molar-refractivity contribution in [3.8, 4) is 0 Å². The fraction of sp³-hybridized carbons (Fsp3) is 0.625. The first-order valence-corrected chi connectivity index (χ1v) is 4.12. The van der Waals surface area contributed by atoms with E-state index in [4.69, 9.17) is 5.73 Å². The molecule has 1 heterocycles. The van der Waals surface area contributed by atoms with Crippen LogP contribution < -0.4 is 5.73 Å². The fourth-order valence-corrected chi connectivity index (χ4v) is 0.868. The van der Waals surface area contributed by atoms with E-state index in [-0.39, 0.29) is 0 Å². The van der Waals surface area contributed by atoms with E-state index in [1.807, 2.05) is 0 Å². The Balaban J connectivity index is 2.81. The number of aromatic nitrogens is 3. The van der Waals surface area contributed by atoms with E-state index in [2.05, 4.69) is 29.0 Å². The third-order valence-corrected chi connectivity index (χ3v) is 1.58. The van der Waals surface area contributed by atoms with Gasteiger partial charge >= 0.3 is 0 Å². The van der Waals surface area contributed by atoms with Crippen molar-refractivity contribution in [2.75, 3.05) is 6.54 Å². The lowest BCUT2D eigenvalue weighted by atomic mass is 10.1. The third kappa shape index (κ3) is 2.23. The molecule has 0 fully saturated rings. The first kappa shape index (κ1) is 9.06. The lowest BCUT2D eigenvalue weighted by Gasteiger charge is -2.03. The molecule has 0 aliphatic rings. The van der Waals surface area contributed by atoms with Gasteiger partial charge in [0.2, 0.25) is 0 Å². The summed E-state index contributed by atoms with van der Waals surface area (Å²) >= 11 is 0. The maximum Gasteiger partial charge on any atom is 0.152 e. The van der Waals surface area contributed by atoms with E-state index < -0.39 is 0 Å². The lowest BCUT2D eigenvalue weighted by Crippen LogP contribution is -2.09. The molecule has 1 aromatic heterocycles. The molecule has 4 nitrogen and oxygen atoms in total. The Bertz CT molecular complexity index is 247. The van der Waals surface area contributed by atoms with E-state index in [1.165, 1.54) is 0 Å². The van der Waals surface area contributed by atoms with E-state index in [0.29, 0.717) is 18.9 Å². The van der Waals surface area contributed by atoms with E-state index >= 15 is 0 Å². The Labute approximate surface area is 72.2 Å². The average Bonchev–Trinajstić information content (AvgIpc) is 2.05. The van der Waals surface area contributed by atoms with Crippen LogP contribution in [0, 0.1) is 0 Å². The van der Waals surface area contributed by atoms with E-state index in [1.54, 1.807) is 6.20 Å². The highest BCUT2D eigenvalue weighted by molar-refractivity contribution is 5.01. The molecule has 0 aliphatic carbocycles. The van der Waals surface area contributed by atoms with Crippen LogP contribution in [0.2, 0.25) is 0 Å². The lowest BCUT2D eigenvalue weighted by molar-refractivity contribution is 0.734. The molecule has 0 unspecified atom stereocenters. The van der Waals surface area contributed by atoms with Crippen molar-refractivity contribution in [2.45, 2.75) is 26.2 Å². The van der Waals surface area contributed by atoms with Crippen molar-refractivity contribution in [3.05, 3.63) is 17.7 Å². The number of hydrogen-bond donors (Lipinski definition) is 1. The SMILES string of the molecule is CC(C)c1cnnc(CCN)n1. The maximum absolute atomic E-state index is 5.38. The zero-order valence-electron chi connectivity index (χ0n) is 7.49. The van der Waals surface area contributed by atoms with Crippen molar-refractivity contribution in [3.63, 3.8) is 0 Å². The zero-order valence-corrected chi connectivity index (χ0v) is 7.49. The van der Waals surface area contributed by atoms with Gasteiger partial charge in [0.25, 0.3) is 0 Å². The van der Waals surface area contributed by atoms with Crippen LogP contribution in [0.1, 0.15) is 31.3 Å². The summed E-state index contributed by atoms with van der Waals surface area (Å²) in [5.41, 5.74) is 6.36. The highest BCUT2D eigenvalue weighted by Gasteiger charge is 2.02. The molecule has 0 saturated carbocycles. The third-order valence-electron chi connectivity index (χ3n) is 1.58.